The minimum absolute atomic E-state index is 0.0507. The van der Waals surface area contributed by atoms with Gasteiger partial charge >= 0.3 is 0 Å². The number of furan rings is 1. The highest BCUT2D eigenvalue weighted by Gasteiger charge is 2.39. The second-order valence-corrected chi connectivity index (χ2v) is 16.8. The fourth-order valence-electron chi connectivity index (χ4n) is 9.20. The maximum absolute atomic E-state index is 7.02. The van der Waals surface area contributed by atoms with Crippen LogP contribution in [0.4, 0.5) is 17.1 Å². The van der Waals surface area contributed by atoms with Gasteiger partial charge in [0.25, 0.3) is 0 Å². The average Bonchev–Trinajstić information content (AvgIpc) is 3.65. The van der Waals surface area contributed by atoms with Crippen LogP contribution in [0.2, 0.25) is 0 Å². The van der Waals surface area contributed by atoms with Crippen molar-refractivity contribution in [2.24, 2.45) is 0 Å². The first-order valence-corrected chi connectivity index (χ1v) is 18.0. The molecule has 0 N–H and O–H groups in total. The van der Waals surface area contributed by atoms with E-state index >= 15 is 0 Å². The molecule has 0 aliphatic heterocycles. The van der Waals surface area contributed by atoms with Gasteiger partial charge in [0.15, 0.2) is 5.58 Å². The first kappa shape index (κ1) is 30.9. The van der Waals surface area contributed by atoms with Crippen LogP contribution in [0.3, 0.4) is 0 Å². The van der Waals surface area contributed by atoms with Crippen LogP contribution in [-0.4, -0.2) is 0 Å². The molecule has 0 bridgehead atoms. The maximum atomic E-state index is 7.02. The van der Waals surface area contributed by atoms with Gasteiger partial charge in [-0.05, 0) is 99.7 Å². The van der Waals surface area contributed by atoms with Crippen molar-refractivity contribution in [3.8, 4) is 22.3 Å². The van der Waals surface area contributed by atoms with E-state index in [1.54, 1.807) is 0 Å². The van der Waals surface area contributed by atoms with E-state index in [1.807, 2.05) is 0 Å². The molecule has 2 aliphatic rings. The molecule has 0 radical (unpaired) electrons. The Balaban J connectivity index is 1.32. The predicted molar refractivity (Wildman–Crippen MR) is 212 cm³/mol. The first-order valence-electron chi connectivity index (χ1n) is 18.0. The maximum Gasteiger partial charge on any atom is 0.159 e. The summed E-state index contributed by atoms with van der Waals surface area (Å²) < 4.78 is 7.02. The Bertz CT molecular complexity index is 2550. The van der Waals surface area contributed by atoms with Crippen molar-refractivity contribution in [1.82, 2.24) is 0 Å². The number of nitrogens with zero attached hydrogens (tertiary/aromatic N) is 1. The monoisotopic (exact) mass is 651 g/mol. The smallest absolute Gasteiger partial charge is 0.159 e. The average molecular weight is 652 g/mol. The van der Waals surface area contributed by atoms with Crippen molar-refractivity contribution in [2.45, 2.75) is 78.6 Å². The standard InChI is InChI=1S/C48H45NO/c1-28-24-29(2)43-36-23-21-31(27-40(36)48(8,9)41(43)25-28)49(30-20-22-33-32-14-10-11-17-37(32)47(6,7)39(33)26-30)42-19-13-16-35-34-15-12-18-38(46(3,4)5)44(34)50-45(35)42/h10-27H,1-9H3. The highest BCUT2D eigenvalue weighted by molar-refractivity contribution is 6.11. The van der Waals surface area contributed by atoms with Crippen molar-refractivity contribution in [3.05, 3.63) is 148 Å². The van der Waals surface area contributed by atoms with Gasteiger partial charge in [-0.15, -0.1) is 0 Å². The van der Waals surface area contributed by atoms with E-state index in [0.29, 0.717) is 0 Å². The van der Waals surface area contributed by atoms with Gasteiger partial charge < -0.3 is 9.32 Å². The molecule has 2 heteroatoms. The number of rotatable bonds is 3. The molecule has 7 aromatic rings. The lowest BCUT2D eigenvalue weighted by Gasteiger charge is -2.29. The van der Waals surface area contributed by atoms with E-state index in [9.17, 15) is 0 Å². The van der Waals surface area contributed by atoms with Gasteiger partial charge in [-0.2, -0.15) is 0 Å². The molecule has 0 spiro atoms. The van der Waals surface area contributed by atoms with Crippen LogP contribution in [0.15, 0.2) is 114 Å². The zero-order chi connectivity index (χ0) is 34.9. The molecule has 9 rings (SSSR count). The normalized spacial score (nSPS) is 15.2. The van der Waals surface area contributed by atoms with Gasteiger partial charge in [0.1, 0.15) is 5.58 Å². The summed E-state index contributed by atoms with van der Waals surface area (Å²) in [4.78, 5) is 2.44. The molecule has 2 nitrogen and oxygen atoms in total. The van der Waals surface area contributed by atoms with Crippen LogP contribution in [0.5, 0.6) is 0 Å². The van der Waals surface area contributed by atoms with E-state index in [2.05, 4.69) is 176 Å². The summed E-state index contributed by atoms with van der Waals surface area (Å²) in [5.74, 6) is 0. The van der Waals surface area contributed by atoms with Gasteiger partial charge in [0, 0.05) is 38.5 Å². The molecule has 6 aromatic carbocycles. The summed E-state index contributed by atoms with van der Waals surface area (Å²) >= 11 is 0. The topological polar surface area (TPSA) is 16.4 Å². The van der Waals surface area contributed by atoms with Crippen molar-refractivity contribution < 1.29 is 4.42 Å². The largest absolute Gasteiger partial charge is 0.454 e. The van der Waals surface area contributed by atoms with Crippen LogP contribution < -0.4 is 4.90 Å². The van der Waals surface area contributed by atoms with Gasteiger partial charge in [0.2, 0.25) is 0 Å². The Morgan fingerprint density at radius 3 is 1.86 bits per heavy atom. The molecular formula is C48H45NO. The van der Waals surface area contributed by atoms with Gasteiger partial charge in [0.05, 0.1) is 5.69 Å². The van der Waals surface area contributed by atoms with E-state index < -0.39 is 0 Å². The van der Waals surface area contributed by atoms with E-state index in [1.165, 1.54) is 61.2 Å². The molecule has 50 heavy (non-hydrogen) atoms. The number of hydrogen-bond acceptors (Lipinski definition) is 2. The second kappa shape index (κ2) is 10.2. The van der Waals surface area contributed by atoms with Crippen molar-refractivity contribution in [2.75, 3.05) is 4.90 Å². The summed E-state index contributed by atoms with van der Waals surface area (Å²) in [5.41, 5.74) is 19.7. The van der Waals surface area contributed by atoms with Crippen LogP contribution >= 0.6 is 0 Å². The zero-order valence-electron chi connectivity index (χ0n) is 30.7. The van der Waals surface area contributed by atoms with Crippen molar-refractivity contribution >= 4 is 39.0 Å². The summed E-state index contributed by atoms with van der Waals surface area (Å²) in [5, 5.41) is 2.30. The van der Waals surface area contributed by atoms with E-state index in [0.717, 1.165) is 39.0 Å². The fraction of sp³-hybridized carbons (Fsp3) is 0.250. The third-order valence-electron chi connectivity index (χ3n) is 11.7. The Morgan fingerprint density at radius 2 is 1.14 bits per heavy atom. The second-order valence-electron chi connectivity index (χ2n) is 16.8. The fourth-order valence-corrected chi connectivity index (χ4v) is 9.20. The lowest BCUT2D eigenvalue weighted by molar-refractivity contribution is 0.573. The molecule has 0 atom stereocenters. The molecular weight excluding hydrogens is 607 g/mol. The van der Waals surface area contributed by atoms with Crippen molar-refractivity contribution in [1.29, 1.82) is 0 Å². The van der Waals surface area contributed by atoms with Crippen LogP contribution in [0, 0.1) is 13.8 Å². The van der Waals surface area contributed by atoms with E-state index in [-0.39, 0.29) is 16.2 Å². The molecule has 1 aromatic heterocycles. The molecule has 0 unspecified atom stereocenters. The van der Waals surface area contributed by atoms with E-state index in [4.69, 9.17) is 4.42 Å². The Labute approximate surface area is 296 Å². The number of aryl methyl sites for hydroxylation is 2. The summed E-state index contributed by atoms with van der Waals surface area (Å²) in [7, 11) is 0. The van der Waals surface area contributed by atoms with Gasteiger partial charge in [-0.3, -0.25) is 0 Å². The number of anilines is 3. The summed E-state index contributed by atoms with van der Waals surface area (Å²) in [6.07, 6.45) is 0. The van der Waals surface area contributed by atoms with Crippen LogP contribution in [-0.2, 0) is 16.2 Å². The third kappa shape index (κ3) is 4.21. The van der Waals surface area contributed by atoms with Crippen molar-refractivity contribution in [3.63, 3.8) is 0 Å². The molecule has 0 fully saturated rings. The molecule has 248 valence electrons. The molecule has 0 saturated carbocycles. The SMILES string of the molecule is Cc1cc(C)c2c(c1)C(C)(C)c1cc(N(c3ccc4c(c3)C(C)(C)c3ccccc3-4)c3cccc4c3oc3c(C(C)(C)C)cccc34)ccc1-2. The quantitative estimate of drug-likeness (QED) is 0.189. The highest BCUT2D eigenvalue weighted by Crippen LogP contribution is 2.54. The van der Waals surface area contributed by atoms with Crippen LogP contribution in [0.1, 0.15) is 87.4 Å². The molecule has 0 saturated heterocycles. The Kier molecular flexibility index (Phi) is 6.33. The number of fused-ring (bicyclic) bond motifs is 9. The van der Waals surface area contributed by atoms with Gasteiger partial charge in [-0.1, -0.05) is 133 Å². The third-order valence-corrected chi connectivity index (χ3v) is 11.7. The minimum Gasteiger partial charge on any atom is -0.454 e. The summed E-state index contributed by atoms with van der Waals surface area (Å²) in [6, 6.07) is 41.0. The lowest BCUT2D eigenvalue weighted by Crippen LogP contribution is -2.18. The number of hydrogen-bond donors (Lipinski definition) is 0. The Morgan fingerprint density at radius 1 is 0.540 bits per heavy atom. The van der Waals surface area contributed by atoms with Gasteiger partial charge in [-0.25, -0.2) is 0 Å². The summed E-state index contributed by atoms with van der Waals surface area (Å²) in [6.45, 7) is 20.8. The minimum atomic E-state index is -0.127. The lowest BCUT2D eigenvalue weighted by atomic mass is 9.81. The number of benzene rings is 6. The first-order chi connectivity index (χ1) is 23.8. The Hall–Kier alpha value is -5.08. The molecule has 1 heterocycles. The molecule has 0 amide bonds. The predicted octanol–water partition coefficient (Wildman–Crippen LogP) is 13.6. The highest BCUT2D eigenvalue weighted by atomic mass is 16.3. The molecule has 2 aliphatic carbocycles. The number of para-hydroxylation sites is 2. The zero-order valence-corrected chi connectivity index (χ0v) is 30.7. The van der Waals surface area contributed by atoms with Crippen LogP contribution in [0.25, 0.3) is 44.2 Å².